The Labute approximate surface area is 70.4 Å². The predicted molar refractivity (Wildman–Crippen MR) is 51.7 cm³/mol. The Morgan fingerprint density at radius 1 is 1.09 bits per heavy atom. The zero-order valence-corrected chi connectivity index (χ0v) is 7.88. The van der Waals surface area contributed by atoms with Crippen molar-refractivity contribution >= 4 is 0 Å². The lowest BCUT2D eigenvalue weighted by molar-refractivity contribution is 0.456. The molecule has 1 heteroatoms. The maximum atomic E-state index is 2.20. The SMILES string of the molecule is CCC/C=C/C=C\CN(C)C. The maximum absolute atomic E-state index is 2.20. The third-order valence-electron chi connectivity index (χ3n) is 1.31. The quantitative estimate of drug-likeness (QED) is 0.548. The van der Waals surface area contributed by atoms with Crippen molar-refractivity contribution < 1.29 is 0 Å². The van der Waals surface area contributed by atoms with Crippen LogP contribution in [-0.4, -0.2) is 25.5 Å². The van der Waals surface area contributed by atoms with Gasteiger partial charge in [-0.15, -0.1) is 0 Å². The van der Waals surface area contributed by atoms with E-state index in [1.807, 2.05) is 0 Å². The van der Waals surface area contributed by atoms with E-state index in [2.05, 4.69) is 50.2 Å². The first-order valence-corrected chi connectivity index (χ1v) is 4.23. The van der Waals surface area contributed by atoms with Gasteiger partial charge in [-0.2, -0.15) is 0 Å². The normalized spacial score (nSPS) is 12.4. The first-order chi connectivity index (χ1) is 5.27. The molecule has 0 heterocycles. The topological polar surface area (TPSA) is 3.24 Å². The molecule has 0 aromatic carbocycles. The summed E-state index contributed by atoms with van der Waals surface area (Å²) >= 11 is 0. The van der Waals surface area contributed by atoms with Gasteiger partial charge in [-0.1, -0.05) is 37.6 Å². The van der Waals surface area contributed by atoms with E-state index in [4.69, 9.17) is 0 Å². The molecule has 0 rings (SSSR count). The van der Waals surface area contributed by atoms with Crippen LogP contribution in [0.4, 0.5) is 0 Å². The first-order valence-electron chi connectivity index (χ1n) is 4.23. The van der Waals surface area contributed by atoms with Crippen LogP contribution in [0.15, 0.2) is 24.3 Å². The average Bonchev–Trinajstić information content (AvgIpc) is 1.96. The monoisotopic (exact) mass is 153 g/mol. The molecule has 0 spiro atoms. The van der Waals surface area contributed by atoms with E-state index in [0.29, 0.717) is 0 Å². The van der Waals surface area contributed by atoms with E-state index in [0.717, 1.165) is 6.54 Å². The molecule has 0 amide bonds. The number of unbranched alkanes of at least 4 members (excludes halogenated alkanes) is 1. The zero-order chi connectivity index (χ0) is 8.53. The fourth-order valence-electron chi connectivity index (χ4n) is 0.692. The molecule has 0 saturated heterocycles. The molecule has 1 nitrogen and oxygen atoms in total. The molecule has 0 radical (unpaired) electrons. The highest BCUT2D eigenvalue weighted by molar-refractivity contribution is 5.02. The minimum atomic E-state index is 1.02. The van der Waals surface area contributed by atoms with Crippen LogP contribution in [-0.2, 0) is 0 Å². The smallest absolute Gasteiger partial charge is 0.0160 e. The molecule has 64 valence electrons. The van der Waals surface area contributed by atoms with Crippen molar-refractivity contribution in [3.05, 3.63) is 24.3 Å². The Morgan fingerprint density at radius 3 is 2.27 bits per heavy atom. The minimum Gasteiger partial charge on any atom is -0.306 e. The number of rotatable bonds is 5. The number of hydrogen-bond donors (Lipinski definition) is 0. The van der Waals surface area contributed by atoms with Crippen LogP contribution in [0.1, 0.15) is 19.8 Å². The summed E-state index contributed by atoms with van der Waals surface area (Å²) in [5, 5.41) is 0. The summed E-state index contributed by atoms with van der Waals surface area (Å²) < 4.78 is 0. The molecule has 0 aromatic heterocycles. The van der Waals surface area contributed by atoms with Crippen molar-refractivity contribution in [3.8, 4) is 0 Å². The fraction of sp³-hybridized carbons (Fsp3) is 0.600. The highest BCUT2D eigenvalue weighted by Gasteiger charge is 1.78. The second-order valence-corrected chi connectivity index (χ2v) is 2.91. The highest BCUT2D eigenvalue weighted by atomic mass is 15.0. The van der Waals surface area contributed by atoms with E-state index in [9.17, 15) is 0 Å². The van der Waals surface area contributed by atoms with Crippen molar-refractivity contribution in [1.29, 1.82) is 0 Å². The van der Waals surface area contributed by atoms with Gasteiger partial charge in [0.15, 0.2) is 0 Å². The average molecular weight is 153 g/mol. The van der Waals surface area contributed by atoms with Crippen molar-refractivity contribution in [2.75, 3.05) is 20.6 Å². The standard InChI is InChI=1S/C10H19N/c1-4-5-6-7-8-9-10-11(2)3/h6-9H,4-5,10H2,1-3H3/b7-6+,9-8-. The molecule has 0 fully saturated rings. The third-order valence-corrected chi connectivity index (χ3v) is 1.31. The Morgan fingerprint density at radius 2 is 1.73 bits per heavy atom. The predicted octanol–water partition coefficient (Wildman–Crippen LogP) is 2.46. The number of hydrogen-bond acceptors (Lipinski definition) is 1. The van der Waals surface area contributed by atoms with Crippen LogP contribution >= 0.6 is 0 Å². The van der Waals surface area contributed by atoms with Gasteiger partial charge < -0.3 is 4.90 Å². The lowest BCUT2D eigenvalue weighted by Gasteiger charge is -2.02. The largest absolute Gasteiger partial charge is 0.306 e. The van der Waals surface area contributed by atoms with E-state index in [-0.39, 0.29) is 0 Å². The summed E-state index contributed by atoms with van der Waals surface area (Å²) in [6.45, 7) is 3.21. The summed E-state index contributed by atoms with van der Waals surface area (Å²) in [7, 11) is 4.14. The van der Waals surface area contributed by atoms with E-state index in [1.165, 1.54) is 12.8 Å². The Bertz CT molecular complexity index is 123. The molecule has 0 saturated carbocycles. The van der Waals surface area contributed by atoms with Crippen LogP contribution in [0.5, 0.6) is 0 Å². The molecule has 0 aliphatic rings. The Hall–Kier alpha value is -0.560. The van der Waals surface area contributed by atoms with Crippen molar-refractivity contribution in [3.63, 3.8) is 0 Å². The maximum Gasteiger partial charge on any atom is 0.0160 e. The molecule has 0 N–H and O–H groups in total. The van der Waals surface area contributed by atoms with Gasteiger partial charge in [0.05, 0.1) is 0 Å². The number of nitrogens with zero attached hydrogens (tertiary/aromatic N) is 1. The molecule has 0 atom stereocenters. The summed E-state index contributed by atoms with van der Waals surface area (Å²) in [5.74, 6) is 0. The van der Waals surface area contributed by atoms with Gasteiger partial charge in [0.2, 0.25) is 0 Å². The second kappa shape index (κ2) is 7.55. The fourth-order valence-corrected chi connectivity index (χ4v) is 0.692. The van der Waals surface area contributed by atoms with Crippen molar-refractivity contribution in [1.82, 2.24) is 4.90 Å². The van der Waals surface area contributed by atoms with Gasteiger partial charge in [0, 0.05) is 6.54 Å². The highest BCUT2D eigenvalue weighted by Crippen LogP contribution is 1.88. The molecule has 0 bridgehead atoms. The Balaban J connectivity index is 3.28. The first kappa shape index (κ1) is 10.4. The van der Waals surface area contributed by atoms with Gasteiger partial charge in [-0.3, -0.25) is 0 Å². The van der Waals surface area contributed by atoms with Crippen LogP contribution in [0.25, 0.3) is 0 Å². The molecule has 11 heavy (non-hydrogen) atoms. The van der Waals surface area contributed by atoms with Gasteiger partial charge >= 0.3 is 0 Å². The summed E-state index contributed by atoms with van der Waals surface area (Å²) in [6.07, 6.45) is 11.0. The molecule has 0 aromatic rings. The van der Waals surface area contributed by atoms with Crippen LogP contribution in [0.3, 0.4) is 0 Å². The molecule has 0 unspecified atom stereocenters. The van der Waals surface area contributed by atoms with Gasteiger partial charge in [-0.05, 0) is 20.5 Å². The summed E-state index contributed by atoms with van der Waals surface area (Å²) in [4.78, 5) is 2.14. The lowest BCUT2D eigenvalue weighted by Crippen LogP contribution is -2.10. The summed E-state index contributed by atoms with van der Waals surface area (Å²) in [5.41, 5.74) is 0. The Kier molecular flexibility index (Phi) is 7.16. The third kappa shape index (κ3) is 9.44. The van der Waals surface area contributed by atoms with E-state index < -0.39 is 0 Å². The lowest BCUT2D eigenvalue weighted by atomic mass is 10.3. The number of likely N-dealkylation sites (N-methyl/N-ethyl adjacent to an activating group) is 1. The summed E-state index contributed by atoms with van der Waals surface area (Å²) in [6, 6.07) is 0. The van der Waals surface area contributed by atoms with E-state index in [1.54, 1.807) is 0 Å². The minimum absolute atomic E-state index is 1.02. The van der Waals surface area contributed by atoms with Crippen LogP contribution in [0, 0.1) is 0 Å². The van der Waals surface area contributed by atoms with E-state index >= 15 is 0 Å². The van der Waals surface area contributed by atoms with Gasteiger partial charge in [0.1, 0.15) is 0 Å². The van der Waals surface area contributed by atoms with Gasteiger partial charge in [-0.25, -0.2) is 0 Å². The van der Waals surface area contributed by atoms with Crippen molar-refractivity contribution in [2.24, 2.45) is 0 Å². The second-order valence-electron chi connectivity index (χ2n) is 2.91. The van der Waals surface area contributed by atoms with Crippen molar-refractivity contribution in [2.45, 2.75) is 19.8 Å². The molecule has 0 aliphatic carbocycles. The zero-order valence-electron chi connectivity index (χ0n) is 7.88. The van der Waals surface area contributed by atoms with Gasteiger partial charge in [0.25, 0.3) is 0 Å². The molecular formula is C10H19N. The van der Waals surface area contributed by atoms with Crippen LogP contribution < -0.4 is 0 Å². The van der Waals surface area contributed by atoms with Crippen LogP contribution in [0.2, 0.25) is 0 Å². The number of allylic oxidation sites excluding steroid dienone is 3. The molecular weight excluding hydrogens is 134 g/mol. The molecule has 0 aliphatic heterocycles.